The Morgan fingerprint density at radius 3 is 2.56 bits per heavy atom. The summed E-state index contributed by atoms with van der Waals surface area (Å²) in [6, 6.07) is 19.6. The predicted molar refractivity (Wildman–Crippen MR) is 123 cm³/mol. The van der Waals surface area contributed by atoms with Crippen LogP contribution in [0.5, 0.6) is 0 Å². The summed E-state index contributed by atoms with van der Waals surface area (Å²) in [6.07, 6.45) is 0.958. The van der Waals surface area contributed by atoms with Crippen molar-refractivity contribution in [3.8, 4) is 6.07 Å². The number of rotatable bonds is 5. The molecule has 0 fully saturated rings. The van der Waals surface area contributed by atoms with Crippen LogP contribution in [0, 0.1) is 11.3 Å². The van der Waals surface area contributed by atoms with Crippen molar-refractivity contribution in [3.63, 3.8) is 0 Å². The van der Waals surface area contributed by atoms with Gasteiger partial charge in [-0.25, -0.2) is 5.84 Å². The zero-order valence-corrected chi connectivity index (χ0v) is 17.8. The van der Waals surface area contributed by atoms with Crippen molar-refractivity contribution in [1.82, 2.24) is 5.43 Å². The molecule has 3 aromatic rings. The molecule has 0 aliphatic carbocycles. The van der Waals surface area contributed by atoms with Crippen molar-refractivity contribution in [1.29, 1.82) is 5.26 Å². The highest BCUT2D eigenvalue weighted by Crippen LogP contribution is 2.31. The summed E-state index contributed by atoms with van der Waals surface area (Å²) in [6.45, 7) is 1.65. The summed E-state index contributed by atoms with van der Waals surface area (Å²) < 4.78 is 0. The average molecular weight is 446 g/mol. The van der Waals surface area contributed by atoms with Gasteiger partial charge in [-0.3, -0.25) is 15.0 Å². The molecule has 3 aromatic carbocycles. The van der Waals surface area contributed by atoms with E-state index >= 15 is 0 Å². The molecule has 0 spiro atoms. The van der Waals surface area contributed by atoms with Crippen molar-refractivity contribution in [2.45, 2.75) is 13.0 Å². The number of nitrogen functional groups attached to an aromatic ring is 1. The number of halogens is 1. The van der Waals surface area contributed by atoms with E-state index in [-0.39, 0.29) is 22.7 Å². The standard InChI is InChI=1S/C24H20ClN5O2/c25-19-6-8-22-18(12-19)9-10-30(22)14-15-1-4-17(5-2-15)23(31)28-21-7-3-16(13-26)11-20(21)24(32)29-27/h1-8,11-12H,9-10,14,27H2,(H,28,31)(H,29,32). The Balaban J connectivity index is 1.47. The summed E-state index contributed by atoms with van der Waals surface area (Å²) in [4.78, 5) is 27.0. The summed E-state index contributed by atoms with van der Waals surface area (Å²) in [5.74, 6) is 4.26. The molecule has 32 heavy (non-hydrogen) atoms. The van der Waals surface area contributed by atoms with Gasteiger partial charge in [0.2, 0.25) is 0 Å². The van der Waals surface area contributed by atoms with E-state index in [0.29, 0.717) is 5.56 Å². The highest BCUT2D eigenvalue weighted by molar-refractivity contribution is 6.30. The molecule has 1 aliphatic heterocycles. The maximum atomic E-state index is 12.7. The molecule has 4 N–H and O–H groups in total. The maximum absolute atomic E-state index is 12.7. The number of amides is 2. The second-order valence-electron chi connectivity index (χ2n) is 7.44. The van der Waals surface area contributed by atoms with Gasteiger partial charge in [0.1, 0.15) is 0 Å². The molecule has 4 rings (SSSR count). The largest absolute Gasteiger partial charge is 0.367 e. The molecule has 1 aliphatic rings. The fourth-order valence-corrected chi connectivity index (χ4v) is 3.96. The van der Waals surface area contributed by atoms with Crippen molar-refractivity contribution in [3.05, 3.63) is 93.5 Å². The normalized spacial score (nSPS) is 12.1. The molecule has 0 atom stereocenters. The van der Waals surface area contributed by atoms with Crippen LogP contribution < -0.4 is 21.5 Å². The van der Waals surface area contributed by atoms with E-state index in [1.165, 1.54) is 29.4 Å². The molecule has 0 aromatic heterocycles. The van der Waals surface area contributed by atoms with Gasteiger partial charge in [0.25, 0.3) is 11.8 Å². The zero-order chi connectivity index (χ0) is 22.7. The number of hydrogen-bond donors (Lipinski definition) is 3. The smallest absolute Gasteiger partial charge is 0.267 e. The van der Waals surface area contributed by atoms with Gasteiger partial charge in [-0.15, -0.1) is 0 Å². The molecule has 0 saturated heterocycles. The van der Waals surface area contributed by atoms with Crippen LogP contribution in [0.15, 0.2) is 60.7 Å². The third kappa shape index (κ3) is 4.42. The molecule has 0 saturated carbocycles. The van der Waals surface area contributed by atoms with E-state index in [2.05, 4.69) is 10.2 Å². The van der Waals surface area contributed by atoms with E-state index in [0.717, 1.165) is 30.1 Å². The van der Waals surface area contributed by atoms with Gasteiger partial charge in [0, 0.05) is 29.4 Å². The number of benzene rings is 3. The molecule has 160 valence electrons. The lowest BCUT2D eigenvalue weighted by atomic mass is 10.1. The first-order chi connectivity index (χ1) is 15.5. The summed E-state index contributed by atoms with van der Waals surface area (Å²) in [5, 5.41) is 12.5. The third-order valence-corrected chi connectivity index (χ3v) is 5.63. The number of anilines is 2. The van der Waals surface area contributed by atoms with Crippen molar-refractivity contribution in [2.24, 2.45) is 5.84 Å². The first-order valence-electron chi connectivity index (χ1n) is 9.97. The fraction of sp³-hybridized carbons (Fsp3) is 0.125. The lowest BCUT2D eigenvalue weighted by molar-refractivity contribution is 0.0954. The number of fused-ring (bicyclic) bond motifs is 1. The van der Waals surface area contributed by atoms with Gasteiger partial charge < -0.3 is 10.2 Å². The van der Waals surface area contributed by atoms with Gasteiger partial charge in [-0.2, -0.15) is 5.26 Å². The molecule has 8 heteroatoms. The second-order valence-corrected chi connectivity index (χ2v) is 7.88. The predicted octanol–water partition coefficient (Wildman–Crippen LogP) is 3.63. The first kappa shape index (κ1) is 21.4. The van der Waals surface area contributed by atoms with E-state index in [1.54, 1.807) is 12.1 Å². The van der Waals surface area contributed by atoms with Crippen LogP contribution in [-0.2, 0) is 13.0 Å². The van der Waals surface area contributed by atoms with Crippen molar-refractivity contribution >= 4 is 34.8 Å². The lowest BCUT2D eigenvalue weighted by Gasteiger charge is -2.19. The van der Waals surface area contributed by atoms with Crippen molar-refractivity contribution < 1.29 is 9.59 Å². The summed E-state index contributed by atoms with van der Waals surface area (Å²) in [5.41, 5.74) is 6.65. The van der Waals surface area contributed by atoms with Crippen LogP contribution in [0.2, 0.25) is 5.02 Å². The molecular weight excluding hydrogens is 426 g/mol. The SMILES string of the molecule is N#Cc1ccc(NC(=O)c2ccc(CN3CCc4cc(Cl)ccc43)cc2)c(C(=O)NN)c1. The van der Waals surface area contributed by atoms with Crippen LogP contribution in [-0.4, -0.2) is 18.4 Å². The molecule has 7 nitrogen and oxygen atoms in total. The Morgan fingerprint density at radius 1 is 1.06 bits per heavy atom. The monoisotopic (exact) mass is 445 g/mol. The molecule has 1 heterocycles. The van der Waals surface area contributed by atoms with Gasteiger partial charge in [0.15, 0.2) is 0 Å². The number of carbonyl (C=O) groups excluding carboxylic acids is 2. The Labute approximate surface area is 190 Å². The average Bonchev–Trinajstić information content (AvgIpc) is 3.20. The number of hydrogen-bond acceptors (Lipinski definition) is 5. The number of hydrazine groups is 1. The molecule has 0 radical (unpaired) electrons. The number of nitrogens with two attached hydrogens (primary N) is 1. The van der Waals surface area contributed by atoms with Gasteiger partial charge in [-0.05, 0) is 66.1 Å². The summed E-state index contributed by atoms with van der Waals surface area (Å²) >= 11 is 6.09. The topological polar surface area (TPSA) is 111 Å². The van der Waals surface area contributed by atoms with E-state index < -0.39 is 5.91 Å². The van der Waals surface area contributed by atoms with E-state index in [1.807, 2.05) is 41.8 Å². The highest BCUT2D eigenvalue weighted by atomic mass is 35.5. The van der Waals surface area contributed by atoms with Gasteiger partial charge in [-0.1, -0.05) is 23.7 Å². The zero-order valence-electron chi connectivity index (χ0n) is 17.1. The van der Waals surface area contributed by atoms with Gasteiger partial charge >= 0.3 is 0 Å². The van der Waals surface area contributed by atoms with Gasteiger partial charge in [0.05, 0.1) is 22.9 Å². The lowest BCUT2D eigenvalue weighted by Crippen LogP contribution is -2.31. The third-order valence-electron chi connectivity index (χ3n) is 5.40. The number of nitrogens with one attached hydrogen (secondary N) is 2. The number of nitrogens with zero attached hydrogens (tertiary/aromatic N) is 2. The number of nitriles is 1. The van der Waals surface area contributed by atoms with Crippen LogP contribution in [0.25, 0.3) is 0 Å². The summed E-state index contributed by atoms with van der Waals surface area (Å²) in [7, 11) is 0. The Morgan fingerprint density at radius 2 is 1.84 bits per heavy atom. The molecule has 0 unspecified atom stereocenters. The molecular formula is C24H20ClN5O2. The fourth-order valence-electron chi connectivity index (χ4n) is 3.77. The number of carbonyl (C=O) groups is 2. The minimum Gasteiger partial charge on any atom is -0.367 e. The van der Waals surface area contributed by atoms with Crippen LogP contribution in [0.4, 0.5) is 11.4 Å². The second kappa shape index (κ2) is 9.10. The Hall–Kier alpha value is -3.86. The van der Waals surface area contributed by atoms with E-state index in [4.69, 9.17) is 22.7 Å². The quantitative estimate of drug-likeness (QED) is 0.315. The van der Waals surface area contributed by atoms with Crippen LogP contribution in [0.3, 0.4) is 0 Å². The maximum Gasteiger partial charge on any atom is 0.267 e. The van der Waals surface area contributed by atoms with Crippen LogP contribution in [0.1, 0.15) is 37.4 Å². The molecule has 2 amide bonds. The highest BCUT2D eigenvalue weighted by Gasteiger charge is 2.19. The van der Waals surface area contributed by atoms with E-state index in [9.17, 15) is 9.59 Å². The Kier molecular flexibility index (Phi) is 6.08. The minimum atomic E-state index is -0.597. The molecule has 0 bridgehead atoms. The Bertz CT molecular complexity index is 1230. The van der Waals surface area contributed by atoms with Crippen molar-refractivity contribution in [2.75, 3.05) is 16.8 Å². The van der Waals surface area contributed by atoms with Crippen LogP contribution >= 0.6 is 11.6 Å². The minimum absolute atomic E-state index is 0.115. The first-order valence-corrected chi connectivity index (χ1v) is 10.3.